The number of likely N-dealkylation sites (tertiary alicyclic amines) is 1. The standard InChI is InChI=1S/C32H32N6O3/c39-32-30(27-19-26(38(40)41)14-15-28(27)36-32)31(35-25-12-10-23(11-13-25)29-20-33-21-34-29)24-8-6-22(7-9-24)5-4-18-37-16-2-1-3-17-37/h6-15,19-21,35H,1-5,16-18H2,(H,33,34)(H,36,39)/b31-30-. The summed E-state index contributed by atoms with van der Waals surface area (Å²) in [6.07, 6.45) is 9.49. The summed E-state index contributed by atoms with van der Waals surface area (Å²) in [6, 6.07) is 20.5. The number of H-pyrrole nitrogens is 1. The highest BCUT2D eigenvalue weighted by molar-refractivity contribution is 6.37. The number of benzene rings is 3. The van der Waals surface area contributed by atoms with Gasteiger partial charge in [0.15, 0.2) is 0 Å². The van der Waals surface area contributed by atoms with Crippen LogP contribution in [0.15, 0.2) is 79.3 Å². The molecule has 3 heterocycles. The molecule has 4 aromatic rings. The van der Waals surface area contributed by atoms with Crippen molar-refractivity contribution in [3.8, 4) is 11.3 Å². The van der Waals surface area contributed by atoms with Gasteiger partial charge in [-0.05, 0) is 74.6 Å². The van der Waals surface area contributed by atoms with Gasteiger partial charge in [-0.15, -0.1) is 0 Å². The molecule has 208 valence electrons. The van der Waals surface area contributed by atoms with E-state index in [4.69, 9.17) is 0 Å². The lowest BCUT2D eigenvalue weighted by Gasteiger charge is -2.26. The van der Waals surface area contributed by atoms with E-state index in [9.17, 15) is 14.9 Å². The lowest BCUT2D eigenvalue weighted by atomic mass is 9.98. The topological polar surface area (TPSA) is 116 Å². The van der Waals surface area contributed by atoms with Gasteiger partial charge < -0.3 is 20.5 Å². The van der Waals surface area contributed by atoms with Crippen LogP contribution in [0.5, 0.6) is 0 Å². The van der Waals surface area contributed by atoms with Gasteiger partial charge in [0.05, 0.1) is 28.2 Å². The van der Waals surface area contributed by atoms with Gasteiger partial charge in [-0.3, -0.25) is 14.9 Å². The highest BCUT2D eigenvalue weighted by atomic mass is 16.6. The molecule has 0 saturated carbocycles. The molecule has 0 unspecified atom stereocenters. The molecule has 0 spiro atoms. The van der Waals surface area contributed by atoms with E-state index in [0.717, 1.165) is 41.9 Å². The molecule has 0 aliphatic carbocycles. The van der Waals surface area contributed by atoms with Crippen LogP contribution in [0, 0.1) is 10.1 Å². The minimum Gasteiger partial charge on any atom is -0.354 e. The summed E-state index contributed by atoms with van der Waals surface area (Å²) in [6.45, 7) is 3.51. The number of nitrogens with zero attached hydrogens (tertiary/aromatic N) is 3. The second-order valence-corrected chi connectivity index (χ2v) is 10.6. The maximum Gasteiger partial charge on any atom is 0.270 e. The number of piperidine rings is 1. The van der Waals surface area contributed by atoms with Crippen molar-refractivity contribution in [3.63, 3.8) is 0 Å². The van der Waals surface area contributed by atoms with E-state index >= 15 is 0 Å². The Bertz CT molecular complexity index is 1570. The Balaban J connectivity index is 1.31. The van der Waals surface area contributed by atoms with Gasteiger partial charge in [-0.1, -0.05) is 42.8 Å². The van der Waals surface area contributed by atoms with E-state index in [1.807, 2.05) is 42.6 Å². The highest BCUT2D eigenvalue weighted by Crippen LogP contribution is 2.39. The number of carbonyl (C=O) groups excluding carboxylic acids is 1. The first-order valence-electron chi connectivity index (χ1n) is 14.1. The fraction of sp³-hybridized carbons (Fsp3) is 0.250. The summed E-state index contributed by atoms with van der Waals surface area (Å²) < 4.78 is 0. The quantitative estimate of drug-likeness (QED) is 0.128. The molecule has 1 fully saturated rings. The van der Waals surface area contributed by atoms with E-state index in [0.29, 0.717) is 22.5 Å². The molecule has 1 aromatic heterocycles. The largest absolute Gasteiger partial charge is 0.354 e. The number of anilines is 2. The number of rotatable bonds is 9. The Labute approximate surface area is 238 Å². The molecule has 2 aliphatic rings. The maximum absolute atomic E-state index is 13.3. The summed E-state index contributed by atoms with van der Waals surface area (Å²) in [5.41, 5.74) is 6.60. The molecule has 6 rings (SSSR count). The number of imidazole rings is 1. The molecule has 0 bridgehead atoms. The molecule has 0 atom stereocenters. The summed E-state index contributed by atoms with van der Waals surface area (Å²) in [4.78, 5) is 34.2. The number of aromatic amines is 1. The van der Waals surface area contributed by atoms with E-state index < -0.39 is 4.92 Å². The van der Waals surface area contributed by atoms with Crippen molar-refractivity contribution in [1.82, 2.24) is 14.9 Å². The number of aryl methyl sites for hydroxylation is 1. The average molecular weight is 549 g/mol. The molecule has 1 saturated heterocycles. The second kappa shape index (κ2) is 11.8. The van der Waals surface area contributed by atoms with E-state index in [1.165, 1.54) is 50.0 Å². The zero-order valence-electron chi connectivity index (χ0n) is 22.7. The smallest absolute Gasteiger partial charge is 0.270 e. The second-order valence-electron chi connectivity index (χ2n) is 10.6. The van der Waals surface area contributed by atoms with Crippen LogP contribution in [-0.2, 0) is 11.2 Å². The minimum absolute atomic E-state index is 0.0653. The lowest BCUT2D eigenvalue weighted by molar-refractivity contribution is -0.384. The van der Waals surface area contributed by atoms with E-state index in [1.54, 1.807) is 12.4 Å². The van der Waals surface area contributed by atoms with Gasteiger partial charge in [0.2, 0.25) is 0 Å². The Kier molecular flexibility index (Phi) is 7.60. The fourth-order valence-electron chi connectivity index (χ4n) is 5.61. The van der Waals surface area contributed by atoms with Crippen LogP contribution >= 0.6 is 0 Å². The molecule has 3 N–H and O–H groups in total. The number of amides is 1. The van der Waals surface area contributed by atoms with Crippen molar-refractivity contribution in [2.75, 3.05) is 30.3 Å². The number of nitro groups is 1. The Morgan fingerprint density at radius 2 is 1.78 bits per heavy atom. The van der Waals surface area contributed by atoms with Gasteiger partial charge in [0, 0.05) is 40.8 Å². The summed E-state index contributed by atoms with van der Waals surface area (Å²) >= 11 is 0. The van der Waals surface area contributed by atoms with Crippen LogP contribution in [-0.4, -0.2) is 45.3 Å². The zero-order chi connectivity index (χ0) is 28.2. The maximum atomic E-state index is 13.3. The van der Waals surface area contributed by atoms with Crippen LogP contribution in [0.2, 0.25) is 0 Å². The normalized spacial score (nSPS) is 16.2. The molecule has 0 radical (unpaired) electrons. The fourth-order valence-corrected chi connectivity index (χ4v) is 5.61. The van der Waals surface area contributed by atoms with Crippen molar-refractivity contribution >= 4 is 34.2 Å². The molecule has 9 heteroatoms. The van der Waals surface area contributed by atoms with Crippen LogP contribution in [0.3, 0.4) is 0 Å². The summed E-state index contributed by atoms with van der Waals surface area (Å²) in [5, 5.41) is 17.9. The van der Waals surface area contributed by atoms with E-state index in [-0.39, 0.29) is 11.6 Å². The molecular formula is C32H32N6O3. The van der Waals surface area contributed by atoms with Gasteiger partial charge in [-0.2, -0.15) is 0 Å². The van der Waals surface area contributed by atoms with Gasteiger partial charge in [0.1, 0.15) is 0 Å². The Hall–Kier alpha value is -4.76. The number of nitrogens with one attached hydrogen (secondary N) is 3. The number of carbonyl (C=O) groups is 1. The number of non-ortho nitro benzene ring substituents is 1. The van der Waals surface area contributed by atoms with Crippen molar-refractivity contribution in [1.29, 1.82) is 0 Å². The SMILES string of the molecule is O=C1Nc2ccc([N+](=O)[O-])cc2/C1=C(/Nc1ccc(-c2c[nH]cn2)cc1)c1ccc(CCCN2CCCCC2)cc1. The van der Waals surface area contributed by atoms with Crippen LogP contribution < -0.4 is 10.6 Å². The molecule has 2 aliphatic heterocycles. The minimum atomic E-state index is -0.444. The lowest BCUT2D eigenvalue weighted by Crippen LogP contribution is -2.30. The van der Waals surface area contributed by atoms with Crippen molar-refractivity contribution in [3.05, 3.63) is 106 Å². The van der Waals surface area contributed by atoms with E-state index in [2.05, 4.69) is 37.6 Å². The highest BCUT2D eigenvalue weighted by Gasteiger charge is 2.30. The third kappa shape index (κ3) is 5.90. The van der Waals surface area contributed by atoms with Crippen LogP contribution in [0.25, 0.3) is 22.5 Å². The molecule has 41 heavy (non-hydrogen) atoms. The zero-order valence-corrected chi connectivity index (χ0v) is 22.7. The van der Waals surface area contributed by atoms with Crippen molar-refractivity contribution < 1.29 is 9.72 Å². The first kappa shape index (κ1) is 26.5. The molecule has 3 aromatic carbocycles. The number of aromatic nitrogens is 2. The van der Waals surface area contributed by atoms with Gasteiger partial charge in [-0.25, -0.2) is 4.98 Å². The summed E-state index contributed by atoms with van der Waals surface area (Å²) in [7, 11) is 0. The number of nitro benzene ring substituents is 1. The van der Waals surface area contributed by atoms with Gasteiger partial charge in [0.25, 0.3) is 11.6 Å². The Morgan fingerprint density at radius 1 is 1.00 bits per heavy atom. The number of hydrogen-bond donors (Lipinski definition) is 3. The van der Waals surface area contributed by atoms with Crippen molar-refractivity contribution in [2.45, 2.75) is 32.1 Å². The van der Waals surface area contributed by atoms with Crippen LogP contribution in [0.1, 0.15) is 42.4 Å². The Morgan fingerprint density at radius 3 is 2.49 bits per heavy atom. The van der Waals surface area contributed by atoms with Crippen LogP contribution in [0.4, 0.5) is 17.1 Å². The third-order valence-corrected chi connectivity index (χ3v) is 7.79. The molecular weight excluding hydrogens is 516 g/mol. The predicted octanol–water partition coefficient (Wildman–Crippen LogP) is 6.34. The predicted molar refractivity (Wildman–Crippen MR) is 161 cm³/mol. The third-order valence-electron chi connectivity index (χ3n) is 7.79. The monoisotopic (exact) mass is 548 g/mol. The molecule has 1 amide bonds. The number of hydrogen-bond acceptors (Lipinski definition) is 6. The molecule has 9 nitrogen and oxygen atoms in total. The first-order valence-corrected chi connectivity index (χ1v) is 14.1. The first-order chi connectivity index (χ1) is 20.0. The average Bonchev–Trinajstić information content (AvgIpc) is 3.65. The summed E-state index contributed by atoms with van der Waals surface area (Å²) in [5.74, 6) is -0.304. The number of fused-ring (bicyclic) bond motifs is 1. The van der Waals surface area contributed by atoms with Crippen molar-refractivity contribution in [2.24, 2.45) is 0 Å². The van der Waals surface area contributed by atoms with Gasteiger partial charge >= 0.3 is 0 Å².